The average Bonchev–Trinajstić information content (AvgIpc) is 3.60. The number of carbonyl (C=O) groups is 1. The van der Waals surface area contributed by atoms with Crippen LogP contribution in [0.4, 0.5) is 10.1 Å². The molecule has 4 aliphatic carbocycles. The molecule has 4 fully saturated rings. The molecule has 2 unspecified atom stereocenters. The van der Waals surface area contributed by atoms with E-state index in [-0.39, 0.29) is 39.1 Å². The van der Waals surface area contributed by atoms with E-state index < -0.39 is 26.6 Å². The largest absolute Gasteiger partial charge is 0.390 e. The lowest BCUT2D eigenvalue weighted by atomic mass is 9.54. The van der Waals surface area contributed by atoms with Gasteiger partial charge in [-0.2, -0.15) is 0 Å². The van der Waals surface area contributed by atoms with Crippen LogP contribution in [0.25, 0.3) is 0 Å². The first kappa shape index (κ1) is 21.9. The van der Waals surface area contributed by atoms with Gasteiger partial charge in [0.1, 0.15) is 5.82 Å². The van der Waals surface area contributed by atoms with Crippen LogP contribution in [0.15, 0.2) is 41.3 Å². The SMILES string of the molecule is CC1(O)C2CC1CC(S(=O)(=O)c1cc(C(=O)Nc3ccc(F)c(C4CC4)c3)ccc1Cl)C2. The number of hydrogen-bond donors (Lipinski definition) is 2. The molecule has 8 heteroatoms. The van der Waals surface area contributed by atoms with Gasteiger partial charge < -0.3 is 10.4 Å². The predicted molar refractivity (Wildman–Crippen MR) is 120 cm³/mol. The molecule has 0 aromatic heterocycles. The fourth-order valence-corrected chi connectivity index (χ4v) is 7.62. The smallest absolute Gasteiger partial charge is 0.255 e. The molecular weight excluding hydrogens is 453 g/mol. The number of fused-ring (bicyclic) bond motifs is 2. The van der Waals surface area contributed by atoms with Gasteiger partial charge in [-0.05, 0) is 98.7 Å². The number of amides is 1. The van der Waals surface area contributed by atoms with Crippen molar-refractivity contribution in [1.29, 1.82) is 0 Å². The Bertz CT molecular complexity index is 1190. The number of rotatable bonds is 5. The van der Waals surface area contributed by atoms with E-state index in [0.29, 0.717) is 24.1 Å². The number of anilines is 1. The van der Waals surface area contributed by atoms with Crippen molar-refractivity contribution >= 4 is 33.0 Å². The highest BCUT2D eigenvalue weighted by molar-refractivity contribution is 7.92. The Morgan fingerprint density at radius 2 is 1.81 bits per heavy atom. The molecule has 170 valence electrons. The second kappa shape index (κ2) is 7.54. The number of aliphatic hydroxyl groups is 1. The molecule has 2 aromatic rings. The van der Waals surface area contributed by atoms with Gasteiger partial charge in [-0.25, -0.2) is 12.8 Å². The first-order valence-electron chi connectivity index (χ1n) is 10.9. The maximum absolute atomic E-state index is 14.0. The second-order valence-corrected chi connectivity index (χ2v) is 12.2. The van der Waals surface area contributed by atoms with Crippen LogP contribution >= 0.6 is 11.6 Å². The zero-order valence-corrected chi connectivity index (χ0v) is 19.2. The van der Waals surface area contributed by atoms with Crippen LogP contribution in [0.2, 0.25) is 5.02 Å². The summed E-state index contributed by atoms with van der Waals surface area (Å²) in [5.41, 5.74) is 0.422. The lowest BCUT2D eigenvalue weighted by Gasteiger charge is -2.56. The molecular formula is C24H25ClFNO4S. The van der Waals surface area contributed by atoms with Gasteiger partial charge in [0.2, 0.25) is 0 Å². The van der Waals surface area contributed by atoms with E-state index in [4.69, 9.17) is 11.6 Å². The van der Waals surface area contributed by atoms with Crippen molar-refractivity contribution in [3.8, 4) is 0 Å². The molecule has 6 rings (SSSR count). The molecule has 1 amide bonds. The second-order valence-electron chi connectivity index (χ2n) is 9.60. The lowest BCUT2D eigenvalue weighted by Crippen LogP contribution is -2.60. The molecule has 0 aliphatic heterocycles. The summed E-state index contributed by atoms with van der Waals surface area (Å²) < 4.78 is 40.7. The summed E-state index contributed by atoms with van der Waals surface area (Å²) in [5, 5.41) is 12.6. The molecule has 2 bridgehead atoms. The molecule has 5 nitrogen and oxygen atoms in total. The minimum Gasteiger partial charge on any atom is -0.390 e. The third kappa shape index (κ3) is 3.64. The predicted octanol–water partition coefficient (Wildman–Crippen LogP) is 4.93. The summed E-state index contributed by atoms with van der Waals surface area (Å²) in [4.78, 5) is 12.8. The lowest BCUT2D eigenvalue weighted by molar-refractivity contribution is -0.162. The fraction of sp³-hybridized carbons (Fsp3) is 0.458. The van der Waals surface area contributed by atoms with Crippen LogP contribution in [0.1, 0.15) is 60.9 Å². The number of nitrogens with one attached hydrogen (secondary N) is 1. The minimum atomic E-state index is -3.76. The summed E-state index contributed by atoms with van der Waals surface area (Å²) in [6.07, 6.45) is 3.49. The zero-order chi connectivity index (χ0) is 22.8. The summed E-state index contributed by atoms with van der Waals surface area (Å²) in [6, 6.07) is 8.68. The van der Waals surface area contributed by atoms with Crippen molar-refractivity contribution in [3.05, 3.63) is 58.4 Å². The summed E-state index contributed by atoms with van der Waals surface area (Å²) in [6.45, 7) is 1.77. The van der Waals surface area contributed by atoms with Gasteiger partial charge >= 0.3 is 0 Å². The van der Waals surface area contributed by atoms with E-state index in [1.54, 1.807) is 13.0 Å². The molecule has 4 aliphatic rings. The van der Waals surface area contributed by atoms with Crippen molar-refractivity contribution < 1.29 is 22.7 Å². The molecule has 0 saturated heterocycles. The third-order valence-corrected chi connectivity index (χ3v) is 10.2. The first-order valence-corrected chi connectivity index (χ1v) is 12.9. The van der Waals surface area contributed by atoms with Gasteiger partial charge in [0.25, 0.3) is 5.91 Å². The molecule has 0 radical (unpaired) electrons. The van der Waals surface area contributed by atoms with E-state index in [1.165, 1.54) is 30.3 Å². The Morgan fingerprint density at radius 3 is 2.44 bits per heavy atom. The highest BCUT2D eigenvalue weighted by Crippen LogP contribution is 2.55. The Morgan fingerprint density at radius 1 is 1.12 bits per heavy atom. The maximum Gasteiger partial charge on any atom is 0.255 e. The quantitative estimate of drug-likeness (QED) is 0.639. The molecule has 4 saturated carbocycles. The monoisotopic (exact) mass is 477 g/mol. The fourth-order valence-electron chi connectivity index (χ4n) is 5.22. The molecule has 2 N–H and O–H groups in total. The molecule has 2 aromatic carbocycles. The summed E-state index contributed by atoms with van der Waals surface area (Å²) in [7, 11) is -3.76. The molecule has 2 atom stereocenters. The standard InChI is InChI=1S/C24H25ClFNO4S/c1-24(29)15-9-16(24)11-18(10-15)32(30,31)22-8-14(4-6-20(22)25)23(28)27-17-5-7-21(26)19(12-17)13-2-3-13/h4-8,12-13,15-16,18,29H,2-3,9-11H2,1H3,(H,27,28). The number of hydrogen-bond acceptors (Lipinski definition) is 4. The van der Waals surface area contributed by atoms with Crippen LogP contribution < -0.4 is 5.32 Å². The van der Waals surface area contributed by atoms with Crippen LogP contribution in [0.5, 0.6) is 0 Å². The van der Waals surface area contributed by atoms with Crippen molar-refractivity contribution in [2.24, 2.45) is 11.8 Å². The normalized spacial score (nSPS) is 29.3. The van der Waals surface area contributed by atoms with Gasteiger partial charge in [-0.15, -0.1) is 0 Å². The van der Waals surface area contributed by atoms with Gasteiger partial charge in [0.05, 0.1) is 20.8 Å². The Hall–Kier alpha value is -1.96. The highest BCUT2D eigenvalue weighted by atomic mass is 35.5. The molecule has 32 heavy (non-hydrogen) atoms. The van der Waals surface area contributed by atoms with E-state index in [9.17, 15) is 22.7 Å². The van der Waals surface area contributed by atoms with E-state index >= 15 is 0 Å². The average molecular weight is 478 g/mol. The number of benzene rings is 2. The topological polar surface area (TPSA) is 83.5 Å². The van der Waals surface area contributed by atoms with Gasteiger partial charge in [-0.1, -0.05) is 11.6 Å². The van der Waals surface area contributed by atoms with Crippen molar-refractivity contribution in [2.45, 2.75) is 60.7 Å². The zero-order valence-electron chi connectivity index (χ0n) is 17.6. The number of sulfone groups is 1. The van der Waals surface area contributed by atoms with E-state index in [0.717, 1.165) is 19.3 Å². The summed E-state index contributed by atoms with van der Waals surface area (Å²) >= 11 is 6.25. The third-order valence-electron chi connectivity index (χ3n) is 7.53. The van der Waals surface area contributed by atoms with Gasteiger partial charge in [0.15, 0.2) is 9.84 Å². The minimum absolute atomic E-state index is 0.0366. The number of halogens is 2. The van der Waals surface area contributed by atoms with Crippen LogP contribution in [-0.4, -0.2) is 30.3 Å². The highest BCUT2D eigenvalue weighted by Gasteiger charge is 2.57. The van der Waals surface area contributed by atoms with Crippen LogP contribution in [0.3, 0.4) is 0 Å². The van der Waals surface area contributed by atoms with Crippen LogP contribution in [-0.2, 0) is 9.84 Å². The van der Waals surface area contributed by atoms with E-state index in [1.807, 2.05) is 0 Å². The Balaban J connectivity index is 1.38. The van der Waals surface area contributed by atoms with Crippen molar-refractivity contribution in [1.82, 2.24) is 0 Å². The van der Waals surface area contributed by atoms with Gasteiger partial charge in [0, 0.05) is 11.3 Å². The Labute approximate surface area is 191 Å². The van der Waals surface area contributed by atoms with Crippen molar-refractivity contribution in [3.63, 3.8) is 0 Å². The van der Waals surface area contributed by atoms with Gasteiger partial charge in [-0.3, -0.25) is 4.79 Å². The Kier molecular flexibility index (Phi) is 5.15. The summed E-state index contributed by atoms with van der Waals surface area (Å²) in [5.74, 6) is -0.645. The number of carbonyl (C=O) groups excluding carboxylic acids is 1. The molecule has 0 heterocycles. The van der Waals surface area contributed by atoms with Crippen LogP contribution in [0, 0.1) is 17.7 Å². The maximum atomic E-state index is 14.0. The molecule has 0 spiro atoms. The van der Waals surface area contributed by atoms with Crippen molar-refractivity contribution in [2.75, 3.05) is 5.32 Å². The van der Waals surface area contributed by atoms with E-state index in [2.05, 4.69) is 5.32 Å². The first-order chi connectivity index (χ1) is 15.1.